The van der Waals surface area contributed by atoms with Crippen LogP contribution in [0.2, 0.25) is 0 Å². The fourth-order valence-corrected chi connectivity index (χ4v) is 1.80. The molecule has 0 bridgehead atoms. The largest absolute Gasteiger partial charge is 0.490 e. The average Bonchev–Trinajstić information content (AvgIpc) is 2.42. The fraction of sp³-hybridized carbons (Fsp3) is 0.455. The van der Waals surface area contributed by atoms with Crippen LogP contribution >= 0.6 is 11.6 Å². The van der Waals surface area contributed by atoms with Gasteiger partial charge in [0.05, 0.1) is 5.38 Å². The third kappa shape index (κ3) is 1.66. The lowest BCUT2D eigenvalue weighted by atomic mass is 10.1. The molecule has 13 heavy (non-hydrogen) atoms. The highest BCUT2D eigenvalue weighted by atomic mass is 35.5. The summed E-state index contributed by atoms with van der Waals surface area (Å²) in [7, 11) is 0. The zero-order chi connectivity index (χ0) is 9.42. The Morgan fingerprint density at radius 1 is 1.54 bits per heavy atom. The van der Waals surface area contributed by atoms with Crippen LogP contribution in [0.15, 0.2) is 18.2 Å². The van der Waals surface area contributed by atoms with Gasteiger partial charge in [0.1, 0.15) is 11.9 Å². The molecule has 0 saturated carbocycles. The predicted molar refractivity (Wildman–Crippen MR) is 54.5 cm³/mol. The van der Waals surface area contributed by atoms with Gasteiger partial charge in [0.15, 0.2) is 0 Å². The maximum atomic E-state index is 5.99. The number of fused-ring (bicyclic) bond motifs is 1. The summed E-state index contributed by atoms with van der Waals surface area (Å²) in [5.74, 6) is 1.01. The van der Waals surface area contributed by atoms with Crippen LogP contribution in [0.25, 0.3) is 0 Å². The first kappa shape index (κ1) is 8.89. The zero-order valence-electron chi connectivity index (χ0n) is 7.88. The molecule has 0 amide bonds. The number of benzene rings is 1. The lowest BCUT2D eigenvalue weighted by Gasteiger charge is -2.06. The Bertz CT molecular complexity index is 320. The van der Waals surface area contributed by atoms with Crippen molar-refractivity contribution < 1.29 is 4.74 Å². The summed E-state index contributed by atoms with van der Waals surface area (Å²) in [6.45, 7) is 4.06. The van der Waals surface area contributed by atoms with Crippen molar-refractivity contribution in [3.63, 3.8) is 0 Å². The van der Waals surface area contributed by atoms with Gasteiger partial charge in [-0.05, 0) is 31.0 Å². The number of rotatable bonds is 1. The number of halogens is 1. The Morgan fingerprint density at radius 3 is 3.00 bits per heavy atom. The van der Waals surface area contributed by atoms with Crippen molar-refractivity contribution in [2.75, 3.05) is 0 Å². The van der Waals surface area contributed by atoms with Crippen molar-refractivity contribution >= 4 is 11.6 Å². The normalized spacial score (nSPS) is 22.2. The van der Waals surface area contributed by atoms with Gasteiger partial charge in [-0.3, -0.25) is 0 Å². The van der Waals surface area contributed by atoms with Crippen LogP contribution in [0, 0.1) is 0 Å². The molecular formula is C11H13ClO. The molecule has 0 aliphatic carbocycles. The topological polar surface area (TPSA) is 9.23 Å². The second kappa shape index (κ2) is 3.22. The van der Waals surface area contributed by atoms with Crippen molar-refractivity contribution in [1.29, 1.82) is 0 Å². The Hall–Kier alpha value is -0.690. The van der Waals surface area contributed by atoms with E-state index in [-0.39, 0.29) is 5.38 Å². The lowest BCUT2D eigenvalue weighted by molar-refractivity contribution is 0.254. The Labute approximate surface area is 83.7 Å². The van der Waals surface area contributed by atoms with Crippen LogP contribution in [0.4, 0.5) is 0 Å². The number of alkyl halides is 1. The number of hydrogen-bond donors (Lipinski definition) is 0. The molecule has 1 nitrogen and oxygen atoms in total. The minimum absolute atomic E-state index is 0.0600. The maximum absolute atomic E-state index is 5.99. The van der Waals surface area contributed by atoms with E-state index in [0.29, 0.717) is 6.10 Å². The van der Waals surface area contributed by atoms with Gasteiger partial charge in [0.25, 0.3) is 0 Å². The Kier molecular flexibility index (Phi) is 2.20. The van der Waals surface area contributed by atoms with E-state index in [1.807, 2.05) is 6.92 Å². The average molecular weight is 197 g/mol. The van der Waals surface area contributed by atoms with Crippen LogP contribution in [0.5, 0.6) is 5.75 Å². The summed E-state index contributed by atoms with van der Waals surface area (Å²) >= 11 is 5.99. The van der Waals surface area contributed by atoms with E-state index < -0.39 is 0 Å². The molecule has 1 aliphatic rings. The Morgan fingerprint density at radius 2 is 2.31 bits per heavy atom. The minimum atomic E-state index is 0.0600. The molecule has 0 radical (unpaired) electrons. The number of ether oxygens (including phenoxy) is 1. The third-order valence-electron chi connectivity index (χ3n) is 2.39. The Balaban J connectivity index is 2.35. The zero-order valence-corrected chi connectivity index (χ0v) is 8.64. The van der Waals surface area contributed by atoms with Gasteiger partial charge in [0.2, 0.25) is 0 Å². The molecular weight excluding hydrogens is 184 g/mol. The van der Waals surface area contributed by atoms with Gasteiger partial charge < -0.3 is 4.74 Å². The van der Waals surface area contributed by atoms with E-state index in [4.69, 9.17) is 16.3 Å². The SMILES string of the molecule is CC(Cl)c1ccc2c(c1)O[C@@H](C)C2. The monoisotopic (exact) mass is 196 g/mol. The van der Waals surface area contributed by atoms with E-state index >= 15 is 0 Å². The highest BCUT2D eigenvalue weighted by Crippen LogP contribution is 2.32. The van der Waals surface area contributed by atoms with Gasteiger partial charge in [-0.1, -0.05) is 12.1 Å². The first-order chi connectivity index (χ1) is 6.16. The van der Waals surface area contributed by atoms with Crippen molar-refractivity contribution in [2.45, 2.75) is 31.7 Å². The first-order valence-corrected chi connectivity index (χ1v) is 5.04. The van der Waals surface area contributed by atoms with Gasteiger partial charge in [-0.25, -0.2) is 0 Å². The standard InChI is InChI=1S/C11H13ClO/c1-7-5-10-4-3-9(8(2)12)6-11(10)13-7/h3-4,6-8H,5H2,1-2H3/t7-,8?/m0/s1. The quantitative estimate of drug-likeness (QED) is 0.627. The molecule has 2 rings (SSSR count). The van der Waals surface area contributed by atoms with E-state index in [0.717, 1.165) is 17.7 Å². The minimum Gasteiger partial charge on any atom is -0.490 e. The van der Waals surface area contributed by atoms with Crippen molar-refractivity contribution in [1.82, 2.24) is 0 Å². The maximum Gasteiger partial charge on any atom is 0.123 e. The summed E-state index contributed by atoms with van der Waals surface area (Å²) in [6.07, 6.45) is 1.34. The van der Waals surface area contributed by atoms with Crippen molar-refractivity contribution in [3.05, 3.63) is 29.3 Å². The van der Waals surface area contributed by atoms with Crippen LogP contribution in [0.1, 0.15) is 30.4 Å². The molecule has 1 aromatic rings. The first-order valence-electron chi connectivity index (χ1n) is 4.60. The van der Waals surface area contributed by atoms with E-state index in [1.165, 1.54) is 5.56 Å². The molecule has 0 aromatic heterocycles. The molecule has 1 aliphatic heterocycles. The molecule has 1 heterocycles. The van der Waals surface area contributed by atoms with Crippen LogP contribution in [-0.4, -0.2) is 6.10 Å². The third-order valence-corrected chi connectivity index (χ3v) is 2.64. The van der Waals surface area contributed by atoms with Gasteiger partial charge in [0, 0.05) is 6.42 Å². The van der Waals surface area contributed by atoms with Crippen molar-refractivity contribution in [2.24, 2.45) is 0 Å². The predicted octanol–water partition coefficient (Wildman–Crippen LogP) is 3.31. The summed E-state index contributed by atoms with van der Waals surface area (Å²) in [5, 5.41) is 0.0600. The molecule has 1 unspecified atom stereocenters. The summed E-state index contributed by atoms with van der Waals surface area (Å²) < 4.78 is 5.64. The lowest BCUT2D eigenvalue weighted by Crippen LogP contribution is -2.05. The van der Waals surface area contributed by atoms with Crippen LogP contribution in [-0.2, 0) is 6.42 Å². The molecule has 1 aromatic carbocycles. The van der Waals surface area contributed by atoms with E-state index in [1.54, 1.807) is 0 Å². The molecule has 2 atom stereocenters. The summed E-state index contributed by atoms with van der Waals surface area (Å²) in [5.41, 5.74) is 2.43. The van der Waals surface area contributed by atoms with Gasteiger partial charge in [-0.2, -0.15) is 0 Å². The highest BCUT2D eigenvalue weighted by molar-refractivity contribution is 6.20. The second-order valence-electron chi connectivity index (χ2n) is 3.62. The second-order valence-corrected chi connectivity index (χ2v) is 4.27. The summed E-state index contributed by atoms with van der Waals surface area (Å²) in [4.78, 5) is 0. The van der Waals surface area contributed by atoms with Gasteiger partial charge >= 0.3 is 0 Å². The molecule has 0 fully saturated rings. The van der Waals surface area contributed by atoms with Crippen molar-refractivity contribution in [3.8, 4) is 5.75 Å². The number of hydrogen-bond acceptors (Lipinski definition) is 1. The van der Waals surface area contributed by atoms with E-state index in [2.05, 4.69) is 25.1 Å². The van der Waals surface area contributed by atoms with Crippen LogP contribution in [0.3, 0.4) is 0 Å². The molecule has 0 spiro atoms. The molecule has 0 N–H and O–H groups in total. The van der Waals surface area contributed by atoms with Gasteiger partial charge in [-0.15, -0.1) is 11.6 Å². The molecule has 70 valence electrons. The fourth-order valence-electron chi connectivity index (χ4n) is 1.67. The van der Waals surface area contributed by atoms with Crippen LogP contribution < -0.4 is 4.74 Å². The smallest absolute Gasteiger partial charge is 0.123 e. The summed E-state index contributed by atoms with van der Waals surface area (Å²) in [6, 6.07) is 6.25. The molecule has 2 heteroatoms. The highest BCUT2D eigenvalue weighted by Gasteiger charge is 2.19. The molecule has 0 saturated heterocycles. The van der Waals surface area contributed by atoms with E-state index in [9.17, 15) is 0 Å².